The van der Waals surface area contributed by atoms with Crippen LogP contribution in [-0.4, -0.2) is 29.2 Å². The van der Waals surface area contributed by atoms with Crippen molar-refractivity contribution in [1.82, 2.24) is 0 Å². The number of hydrogen-bond donors (Lipinski definition) is 1. The number of carbonyl (C=O) groups excluding carboxylic acids is 1. The number of aryl methyl sites for hydroxylation is 2. The summed E-state index contributed by atoms with van der Waals surface area (Å²) in [5, 5.41) is 10.7. The van der Waals surface area contributed by atoms with Crippen LogP contribution in [0, 0.1) is 17.8 Å². The highest BCUT2D eigenvalue weighted by Crippen LogP contribution is 2.61. The third-order valence-corrected chi connectivity index (χ3v) is 8.57. The van der Waals surface area contributed by atoms with Gasteiger partial charge in [-0.25, -0.2) is 0 Å². The zero-order chi connectivity index (χ0) is 23.5. The molecule has 3 atom stereocenters. The number of rotatable bonds is 5. The molecule has 0 bridgehead atoms. The van der Waals surface area contributed by atoms with E-state index in [0.717, 1.165) is 67.6 Å². The molecule has 176 valence electrons. The van der Waals surface area contributed by atoms with Gasteiger partial charge < -0.3 is 14.6 Å². The van der Waals surface area contributed by atoms with Crippen molar-refractivity contribution in [2.24, 2.45) is 10.8 Å². The number of fused-ring (bicyclic) bond motifs is 2. The number of aliphatic hydroxyl groups is 1. The van der Waals surface area contributed by atoms with Gasteiger partial charge in [-0.2, -0.15) is 0 Å². The number of Topliss-reactive ketones (excluding diaryl/α,β-unsaturated/α-hetero) is 1. The molecule has 4 rings (SSSR count). The van der Waals surface area contributed by atoms with E-state index in [9.17, 15) is 9.90 Å². The lowest BCUT2D eigenvalue weighted by molar-refractivity contribution is -0.131. The molecule has 4 heteroatoms. The minimum absolute atomic E-state index is 0.00523. The average Bonchev–Trinajstić information content (AvgIpc) is 3.00. The van der Waals surface area contributed by atoms with Crippen LogP contribution in [-0.2, 0) is 11.2 Å². The molecule has 1 saturated carbocycles. The van der Waals surface area contributed by atoms with E-state index in [2.05, 4.69) is 33.8 Å². The molecule has 3 aliphatic rings. The topological polar surface area (TPSA) is 55.8 Å². The number of ether oxygens (including phenoxy) is 2. The van der Waals surface area contributed by atoms with E-state index in [4.69, 9.17) is 9.47 Å². The Labute approximate surface area is 193 Å². The first-order valence-electron chi connectivity index (χ1n) is 12.1. The second-order valence-electron chi connectivity index (χ2n) is 12.0. The van der Waals surface area contributed by atoms with Crippen molar-refractivity contribution in [3.05, 3.63) is 34.4 Å². The molecule has 0 radical (unpaired) electrons. The number of carbonyl (C=O) groups is 1. The van der Waals surface area contributed by atoms with Crippen LogP contribution in [0.1, 0.15) is 90.7 Å². The Balaban J connectivity index is 1.70. The zero-order valence-corrected chi connectivity index (χ0v) is 21.0. The molecule has 2 aliphatic carbocycles. The van der Waals surface area contributed by atoms with Gasteiger partial charge in [0.15, 0.2) is 5.78 Å². The second kappa shape index (κ2) is 7.62. The van der Waals surface area contributed by atoms with E-state index in [1.54, 1.807) is 7.11 Å². The Kier molecular flexibility index (Phi) is 5.56. The SMILES string of the molecule is COc1cc(C)c2c(c1)CC[C@@](C)(CC1=C(CC(C)(C)O)C(=O)[C@@]3(C)CCC[C@@]3(C)C1)O2. The smallest absolute Gasteiger partial charge is 0.165 e. The van der Waals surface area contributed by atoms with Gasteiger partial charge >= 0.3 is 0 Å². The minimum atomic E-state index is -0.910. The van der Waals surface area contributed by atoms with Crippen LogP contribution < -0.4 is 9.47 Å². The molecule has 0 saturated heterocycles. The molecule has 1 heterocycles. The van der Waals surface area contributed by atoms with Gasteiger partial charge in [0.2, 0.25) is 0 Å². The van der Waals surface area contributed by atoms with Crippen molar-refractivity contribution in [1.29, 1.82) is 0 Å². The van der Waals surface area contributed by atoms with Crippen LogP contribution in [0.5, 0.6) is 11.5 Å². The molecule has 0 amide bonds. The van der Waals surface area contributed by atoms with Crippen molar-refractivity contribution < 1.29 is 19.4 Å². The molecular formula is C28H40O4. The summed E-state index contributed by atoms with van der Waals surface area (Å²) >= 11 is 0. The predicted octanol–water partition coefficient (Wildman–Crippen LogP) is 6.10. The maximum Gasteiger partial charge on any atom is 0.165 e. The number of benzene rings is 1. The van der Waals surface area contributed by atoms with E-state index in [1.165, 1.54) is 11.1 Å². The third-order valence-electron chi connectivity index (χ3n) is 8.57. The second-order valence-corrected chi connectivity index (χ2v) is 12.0. The predicted molar refractivity (Wildman–Crippen MR) is 127 cm³/mol. The molecule has 0 unspecified atom stereocenters. The molecule has 0 spiro atoms. The molecule has 1 aliphatic heterocycles. The summed E-state index contributed by atoms with van der Waals surface area (Å²) in [6, 6.07) is 4.11. The Bertz CT molecular complexity index is 968. The highest BCUT2D eigenvalue weighted by molar-refractivity contribution is 6.02. The minimum Gasteiger partial charge on any atom is -0.497 e. The fourth-order valence-corrected chi connectivity index (χ4v) is 6.49. The molecule has 1 N–H and O–H groups in total. The molecule has 1 fully saturated rings. The van der Waals surface area contributed by atoms with Gasteiger partial charge in [-0.1, -0.05) is 25.8 Å². The first kappa shape index (κ1) is 23.4. The fourth-order valence-electron chi connectivity index (χ4n) is 6.49. The maximum atomic E-state index is 13.9. The van der Waals surface area contributed by atoms with E-state index in [0.29, 0.717) is 6.42 Å². The van der Waals surface area contributed by atoms with Crippen molar-refractivity contribution in [2.75, 3.05) is 7.11 Å². The summed E-state index contributed by atoms with van der Waals surface area (Å²) in [6.07, 6.45) is 7.05. The summed E-state index contributed by atoms with van der Waals surface area (Å²) in [6.45, 7) is 12.3. The number of ketones is 1. The summed E-state index contributed by atoms with van der Waals surface area (Å²) in [4.78, 5) is 13.9. The standard InChI is InChI=1S/C28H40O4/c1-18-13-21(31-7)14-19-9-12-27(5,32-23(18)19)16-20-15-26(4)10-8-11-28(26,6)24(29)22(20)17-25(2,3)30/h13-14,30H,8-12,15-17H2,1-7H3/t26-,27-,28+/m0/s1. The van der Waals surface area contributed by atoms with Gasteiger partial charge in [-0.3, -0.25) is 4.79 Å². The van der Waals surface area contributed by atoms with E-state index in [-0.39, 0.29) is 22.2 Å². The van der Waals surface area contributed by atoms with Crippen LogP contribution in [0.2, 0.25) is 0 Å². The van der Waals surface area contributed by atoms with Gasteiger partial charge in [-0.05, 0) is 94.0 Å². The normalized spacial score (nSPS) is 32.4. The molecule has 1 aromatic carbocycles. The lowest BCUT2D eigenvalue weighted by Gasteiger charge is -2.48. The average molecular weight is 441 g/mol. The highest BCUT2D eigenvalue weighted by Gasteiger charge is 2.57. The Morgan fingerprint density at radius 2 is 1.88 bits per heavy atom. The van der Waals surface area contributed by atoms with Crippen LogP contribution in [0.15, 0.2) is 23.3 Å². The van der Waals surface area contributed by atoms with Crippen molar-refractivity contribution in [2.45, 2.75) is 104 Å². The van der Waals surface area contributed by atoms with Gasteiger partial charge in [-0.15, -0.1) is 0 Å². The van der Waals surface area contributed by atoms with Crippen LogP contribution in [0.25, 0.3) is 0 Å². The fraction of sp³-hybridized carbons (Fsp3) is 0.679. The largest absolute Gasteiger partial charge is 0.497 e. The molecule has 4 nitrogen and oxygen atoms in total. The van der Waals surface area contributed by atoms with Gasteiger partial charge in [0, 0.05) is 18.3 Å². The molecule has 0 aromatic heterocycles. The Hall–Kier alpha value is -1.81. The highest BCUT2D eigenvalue weighted by atomic mass is 16.5. The lowest BCUT2D eigenvalue weighted by atomic mass is 9.56. The third kappa shape index (κ3) is 3.89. The summed E-state index contributed by atoms with van der Waals surface area (Å²) in [5.74, 6) is 2.10. The van der Waals surface area contributed by atoms with Gasteiger partial charge in [0.25, 0.3) is 0 Å². The molecule has 1 aromatic rings. The van der Waals surface area contributed by atoms with E-state index >= 15 is 0 Å². The summed E-state index contributed by atoms with van der Waals surface area (Å²) in [7, 11) is 1.70. The van der Waals surface area contributed by atoms with Crippen molar-refractivity contribution >= 4 is 5.78 Å². The number of methoxy groups -OCH3 is 1. The zero-order valence-electron chi connectivity index (χ0n) is 21.0. The Morgan fingerprint density at radius 3 is 2.53 bits per heavy atom. The molecule has 32 heavy (non-hydrogen) atoms. The summed E-state index contributed by atoms with van der Waals surface area (Å²) in [5.41, 5.74) is 2.76. The lowest BCUT2D eigenvalue weighted by Crippen LogP contribution is -2.47. The Morgan fingerprint density at radius 1 is 1.16 bits per heavy atom. The maximum absolute atomic E-state index is 13.9. The van der Waals surface area contributed by atoms with Crippen LogP contribution in [0.3, 0.4) is 0 Å². The quantitative estimate of drug-likeness (QED) is 0.601. The van der Waals surface area contributed by atoms with Crippen LogP contribution >= 0.6 is 0 Å². The van der Waals surface area contributed by atoms with Crippen LogP contribution in [0.4, 0.5) is 0 Å². The van der Waals surface area contributed by atoms with Crippen molar-refractivity contribution in [3.63, 3.8) is 0 Å². The number of hydrogen-bond acceptors (Lipinski definition) is 4. The molecular weight excluding hydrogens is 400 g/mol. The van der Waals surface area contributed by atoms with E-state index < -0.39 is 5.60 Å². The summed E-state index contributed by atoms with van der Waals surface area (Å²) < 4.78 is 12.1. The van der Waals surface area contributed by atoms with Gasteiger partial charge in [0.1, 0.15) is 17.1 Å². The first-order chi connectivity index (χ1) is 14.8. The van der Waals surface area contributed by atoms with E-state index in [1.807, 2.05) is 19.9 Å². The first-order valence-corrected chi connectivity index (χ1v) is 12.1. The monoisotopic (exact) mass is 440 g/mol. The van der Waals surface area contributed by atoms with Gasteiger partial charge in [0.05, 0.1) is 12.7 Å². The van der Waals surface area contributed by atoms with Crippen molar-refractivity contribution in [3.8, 4) is 11.5 Å².